The van der Waals surface area contributed by atoms with Crippen LogP contribution in [0.1, 0.15) is 49.2 Å². The maximum absolute atomic E-state index is 12.9. The van der Waals surface area contributed by atoms with Crippen LogP contribution in [0.4, 0.5) is 0 Å². The average molecular weight is 395 g/mol. The van der Waals surface area contributed by atoms with Crippen molar-refractivity contribution < 1.29 is 4.79 Å². The van der Waals surface area contributed by atoms with Crippen LogP contribution >= 0.6 is 0 Å². The van der Waals surface area contributed by atoms with E-state index in [-0.39, 0.29) is 11.5 Å². The number of hydrogen-bond acceptors (Lipinski definition) is 4. The average Bonchev–Trinajstić information content (AvgIpc) is 2.68. The van der Waals surface area contributed by atoms with Crippen LogP contribution < -0.4 is 10.9 Å². The topological polar surface area (TPSA) is 67.2 Å². The summed E-state index contributed by atoms with van der Waals surface area (Å²) in [7, 11) is 0. The zero-order chi connectivity index (χ0) is 20.5. The molecule has 1 N–H and O–H groups in total. The molecule has 0 saturated carbocycles. The van der Waals surface area contributed by atoms with Gasteiger partial charge in [0.25, 0.3) is 11.5 Å². The summed E-state index contributed by atoms with van der Waals surface area (Å²) in [5, 5.41) is 2.78. The molecule has 0 aliphatic carbocycles. The number of pyridine rings is 2. The van der Waals surface area contributed by atoms with Gasteiger partial charge in [-0.05, 0) is 43.4 Å². The second-order valence-corrected chi connectivity index (χ2v) is 8.82. The van der Waals surface area contributed by atoms with Crippen molar-refractivity contribution in [3.8, 4) is 11.3 Å². The van der Waals surface area contributed by atoms with Gasteiger partial charge in [-0.25, -0.2) is 0 Å². The van der Waals surface area contributed by atoms with Gasteiger partial charge in [0.15, 0.2) is 0 Å². The van der Waals surface area contributed by atoms with Crippen LogP contribution in [0.3, 0.4) is 0 Å². The summed E-state index contributed by atoms with van der Waals surface area (Å²) < 4.78 is 1.97. The summed E-state index contributed by atoms with van der Waals surface area (Å²) in [5.41, 5.74) is 3.29. The van der Waals surface area contributed by atoms with E-state index in [9.17, 15) is 9.59 Å². The molecule has 4 heterocycles. The Labute approximate surface area is 172 Å². The molecule has 0 spiro atoms. The molecule has 4 rings (SSSR count). The van der Waals surface area contributed by atoms with Gasteiger partial charge < -0.3 is 14.8 Å². The van der Waals surface area contributed by atoms with Crippen molar-refractivity contribution in [1.82, 2.24) is 19.8 Å². The van der Waals surface area contributed by atoms with Gasteiger partial charge in [-0.3, -0.25) is 14.6 Å². The molecule has 29 heavy (non-hydrogen) atoms. The lowest BCUT2D eigenvalue weighted by Gasteiger charge is -2.43. The largest absolute Gasteiger partial charge is 0.352 e. The predicted molar refractivity (Wildman–Crippen MR) is 114 cm³/mol. The fourth-order valence-electron chi connectivity index (χ4n) is 4.83. The summed E-state index contributed by atoms with van der Waals surface area (Å²) in [6, 6.07) is 7.42. The molecule has 2 aromatic heterocycles. The number of hydrogen-bond donors (Lipinski definition) is 1. The van der Waals surface area contributed by atoms with Crippen LogP contribution in [0.5, 0.6) is 0 Å². The predicted octanol–water partition coefficient (Wildman–Crippen LogP) is 2.74. The molecule has 6 heteroatoms. The third-order valence-corrected chi connectivity index (χ3v) is 5.91. The number of piperidine rings is 1. The molecular formula is C23H30N4O2. The molecular weight excluding hydrogens is 364 g/mol. The van der Waals surface area contributed by atoms with E-state index in [2.05, 4.69) is 35.1 Å². The SMILES string of the molecule is CCNC(=O)c1ccc(-c2cc3n(c(=O)c2)C[C@H]2C[C@@H]3CN(CC(C)C)C2)nc1. The molecule has 1 saturated heterocycles. The summed E-state index contributed by atoms with van der Waals surface area (Å²) in [6.07, 6.45) is 2.74. The highest BCUT2D eigenvalue weighted by atomic mass is 16.1. The Kier molecular flexibility index (Phi) is 5.54. The lowest BCUT2D eigenvalue weighted by Crippen LogP contribution is -2.48. The lowest BCUT2D eigenvalue weighted by molar-refractivity contribution is 0.0955. The summed E-state index contributed by atoms with van der Waals surface area (Å²) >= 11 is 0. The standard InChI is InChI=1S/C23H30N4O2/c1-4-24-23(29)17-5-6-20(25-10-17)18-8-21-19-7-16(13-27(21)22(28)9-18)12-26(14-19)11-15(2)3/h5-6,8-10,15-16,19H,4,7,11-14H2,1-3H3,(H,24,29)/t16-,19+/m0/s1. The van der Waals surface area contributed by atoms with Gasteiger partial charge in [0, 0.05) is 62.2 Å². The molecule has 2 atom stereocenters. The first-order valence-corrected chi connectivity index (χ1v) is 10.7. The Morgan fingerprint density at radius 2 is 2.07 bits per heavy atom. The molecule has 0 unspecified atom stereocenters. The highest BCUT2D eigenvalue weighted by molar-refractivity contribution is 5.94. The minimum atomic E-state index is -0.129. The third-order valence-electron chi connectivity index (χ3n) is 5.91. The van der Waals surface area contributed by atoms with Crippen molar-refractivity contribution in [2.24, 2.45) is 11.8 Å². The van der Waals surface area contributed by atoms with Crippen LogP contribution in [0.2, 0.25) is 0 Å². The highest BCUT2D eigenvalue weighted by Gasteiger charge is 2.35. The number of amides is 1. The van der Waals surface area contributed by atoms with E-state index < -0.39 is 0 Å². The monoisotopic (exact) mass is 394 g/mol. The molecule has 2 aliphatic heterocycles. The van der Waals surface area contributed by atoms with Gasteiger partial charge in [0.05, 0.1) is 11.3 Å². The number of nitrogens with zero attached hydrogens (tertiary/aromatic N) is 3. The molecule has 154 valence electrons. The van der Waals surface area contributed by atoms with E-state index in [4.69, 9.17) is 0 Å². The Balaban J connectivity index is 1.63. The molecule has 0 radical (unpaired) electrons. The first-order valence-electron chi connectivity index (χ1n) is 10.7. The fourth-order valence-corrected chi connectivity index (χ4v) is 4.83. The molecule has 1 amide bonds. The van der Waals surface area contributed by atoms with Crippen LogP contribution in [0, 0.1) is 11.8 Å². The molecule has 2 aromatic rings. The number of nitrogens with one attached hydrogen (secondary N) is 1. The lowest BCUT2D eigenvalue weighted by atomic mass is 9.82. The van der Waals surface area contributed by atoms with Crippen molar-refractivity contribution in [2.75, 3.05) is 26.2 Å². The summed E-state index contributed by atoms with van der Waals surface area (Å²) in [4.78, 5) is 31.8. The quantitative estimate of drug-likeness (QED) is 0.847. The Morgan fingerprint density at radius 3 is 2.76 bits per heavy atom. The normalized spacial score (nSPS) is 21.1. The molecule has 2 bridgehead atoms. The summed E-state index contributed by atoms with van der Waals surface area (Å²) in [5.74, 6) is 1.46. The van der Waals surface area contributed by atoms with E-state index in [0.29, 0.717) is 29.9 Å². The van der Waals surface area contributed by atoms with Crippen LogP contribution in [-0.4, -0.2) is 46.5 Å². The maximum Gasteiger partial charge on any atom is 0.252 e. The Morgan fingerprint density at radius 1 is 1.24 bits per heavy atom. The van der Waals surface area contributed by atoms with Crippen LogP contribution in [0.15, 0.2) is 35.3 Å². The second-order valence-electron chi connectivity index (χ2n) is 8.82. The van der Waals surface area contributed by atoms with Gasteiger partial charge >= 0.3 is 0 Å². The Hall–Kier alpha value is -2.47. The van der Waals surface area contributed by atoms with Gasteiger partial charge in [-0.2, -0.15) is 0 Å². The van der Waals surface area contributed by atoms with Crippen LogP contribution in [0.25, 0.3) is 11.3 Å². The number of fused-ring (bicyclic) bond motifs is 4. The van der Waals surface area contributed by atoms with E-state index in [1.54, 1.807) is 18.3 Å². The number of likely N-dealkylation sites (tertiary alicyclic amines) is 1. The maximum atomic E-state index is 12.9. The molecule has 6 nitrogen and oxygen atoms in total. The van der Waals surface area contributed by atoms with Crippen molar-refractivity contribution in [3.63, 3.8) is 0 Å². The second kappa shape index (κ2) is 8.11. The minimum Gasteiger partial charge on any atom is -0.352 e. The van der Waals surface area contributed by atoms with Crippen molar-refractivity contribution >= 4 is 5.91 Å². The molecule has 0 aromatic carbocycles. The van der Waals surface area contributed by atoms with Crippen molar-refractivity contribution in [2.45, 2.75) is 39.7 Å². The van der Waals surface area contributed by atoms with Crippen molar-refractivity contribution in [1.29, 1.82) is 0 Å². The van der Waals surface area contributed by atoms with E-state index in [0.717, 1.165) is 49.6 Å². The van der Waals surface area contributed by atoms with Gasteiger partial charge in [0.2, 0.25) is 0 Å². The summed E-state index contributed by atoms with van der Waals surface area (Å²) in [6.45, 7) is 11.0. The first-order chi connectivity index (χ1) is 13.9. The van der Waals surface area contributed by atoms with Gasteiger partial charge in [0.1, 0.15) is 0 Å². The first kappa shape index (κ1) is 19.8. The van der Waals surface area contributed by atoms with E-state index in [1.807, 2.05) is 17.6 Å². The minimum absolute atomic E-state index is 0.0547. The zero-order valence-corrected chi connectivity index (χ0v) is 17.5. The van der Waals surface area contributed by atoms with E-state index in [1.165, 1.54) is 0 Å². The fraction of sp³-hybridized carbons (Fsp3) is 0.522. The van der Waals surface area contributed by atoms with Gasteiger partial charge in [-0.1, -0.05) is 13.8 Å². The highest BCUT2D eigenvalue weighted by Crippen LogP contribution is 2.36. The third kappa shape index (κ3) is 4.13. The number of carbonyl (C=O) groups is 1. The number of aromatic nitrogens is 2. The van der Waals surface area contributed by atoms with E-state index >= 15 is 0 Å². The Bertz CT molecular complexity index is 948. The zero-order valence-electron chi connectivity index (χ0n) is 17.5. The number of carbonyl (C=O) groups excluding carboxylic acids is 1. The van der Waals surface area contributed by atoms with Crippen molar-refractivity contribution in [3.05, 3.63) is 52.1 Å². The molecule has 1 fully saturated rings. The number of rotatable bonds is 5. The van der Waals surface area contributed by atoms with Crippen LogP contribution in [-0.2, 0) is 6.54 Å². The molecule has 2 aliphatic rings. The smallest absolute Gasteiger partial charge is 0.252 e. The van der Waals surface area contributed by atoms with Gasteiger partial charge in [-0.15, -0.1) is 0 Å².